The van der Waals surface area contributed by atoms with Crippen molar-refractivity contribution < 1.29 is 14.7 Å². The molecule has 0 spiro atoms. The zero-order valence-corrected chi connectivity index (χ0v) is 16.5. The predicted molar refractivity (Wildman–Crippen MR) is 108 cm³/mol. The Hall–Kier alpha value is -2.74. The highest BCUT2D eigenvalue weighted by Gasteiger charge is 2.37. The topological polar surface area (TPSA) is 105 Å². The zero-order valence-electron chi connectivity index (χ0n) is 16.5. The van der Waals surface area contributed by atoms with E-state index in [4.69, 9.17) is 5.11 Å². The van der Waals surface area contributed by atoms with E-state index in [1.807, 2.05) is 17.0 Å². The average molecular weight is 398 g/mol. The summed E-state index contributed by atoms with van der Waals surface area (Å²) in [6.45, 7) is 0.904. The van der Waals surface area contributed by atoms with Crippen molar-refractivity contribution >= 4 is 22.6 Å². The molecule has 0 aliphatic heterocycles. The van der Waals surface area contributed by atoms with Gasteiger partial charge in [-0.3, -0.25) is 19.3 Å². The van der Waals surface area contributed by atoms with Gasteiger partial charge in [0.1, 0.15) is 0 Å². The third-order valence-corrected chi connectivity index (χ3v) is 5.88. The second-order valence-electron chi connectivity index (χ2n) is 8.25. The number of carbonyl (C=O) groups is 2. The third-order valence-electron chi connectivity index (χ3n) is 5.88. The third kappa shape index (κ3) is 4.48. The summed E-state index contributed by atoms with van der Waals surface area (Å²) in [5, 5.41) is 17.7. The van der Waals surface area contributed by atoms with Crippen LogP contribution in [0.5, 0.6) is 0 Å². The molecule has 2 N–H and O–H groups in total. The molecule has 4 rings (SSSR count). The molecule has 154 valence electrons. The Kier molecular flexibility index (Phi) is 5.36. The van der Waals surface area contributed by atoms with Crippen LogP contribution < -0.4 is 10.9 Å². The molecule has 1 amide bonds. The molecule has 1 aromatic heterocycles. The number of aromatic nitrogens is 2. The van der Waals surface area contributed by atoms with Gasteiger partial charge in [-0.2, -0.15) is 5.10 Å². The molecule has 0 unspecified atom stereocenters. The minimum absolute atomic E-state index is 0.0572. The van der Waals surface area contributed by atoms with Gasteiger partial charge in [0.2, 0.25) is 5.91 Å². The Morgan fingerprint density at radius 3 is 2.59 bits per heavy atom. The largest absolute Gasteiger partial charge is 0.480 e. The smallest absolute Gasteiger partial charge is 0.317 e. The van der Waals surface area contributed by atoms with Gasteiger partial charge in [-0.25, -0.2) is 4.68 Å². The first kappa shape index (κ1) is 19.6. The average Bonchev–Trinajstić information content (AvgIpc) is 3.45. The van der Waals surface area contributed by atoms with Crippen molar-refractivity contribution in [2.24, 2.45) is 13.0 Å². The number of aryl methyl sites for hydroxylation is 1. The van der Waals surface area contributed by atoms with E-state index in [0.29, 0.717) is 22.4 Å². The van der Waals surface area contributed by atoms with Crippen LogP contribution in [0.2, 0.25) is 0 Å². The Bertz CT molecular complexity index is 992. The number of carboxylic acids is 1. The zero-order chi connectivity index (χ0) is 20.5. The van der Waals surface area contributed by atoms with Crippen LogP contribution in [-0.2, 0) is 23.1 Å². The van der Waals surface area contributed by atoms with Crippen LogP contribution in [0.25, 0.3) is 10.8 Å². The number of hydrogen-bond donors (Lipinski definition) is 2. The monoisotopic (exact) mass is 398 g/mol. The van der Waals surface area contributed by atoms with E-state index < -0.39 is 5.97 Å². The highest BCUT2D eigenvalue weighted by Crippen LogP contribution is 2.33. The summed E-state index contributed by atoms with van der Waals surface area (Å²) in [5.74, 6) is -0.297. The fourth-order valence-electron chi connectivity index (χ4n) is 4.09. The van der Waals surface area contributed by atoms with Crippen molar-refractivity contribution in [3.05, 3.63) is 40.3 Å². The molecule has 29 heavy (non-hydrogen) atoms. The molecule has 8 heteroatoms. The van der Waals surface area contributed by atoms with Crippen molar-refractivity contribution in [1.29, 1.82) is 0 Å². The maximum Gasteiger partial charge on any atom is 0.317 e. The molecule has 1 aromatic carbocycles. The number of fused-ring (bicyclic) bond motifs is 1. The van der Waals surface area contributed by atoms with Gasteiger partial charge in [0.15, 0.2) is 0 Å². The van der Waals surface area contributed by atoms with Crippen LogP contribution >= 0.6 is 0 Å². The van der Waals surface area contributed by atoms with Crippen LogP contribution in [0.1, 0.15) is 31.4 Å². The van der Waals surface area contributed by atoms with Crippen LogP contribution in [0.15, 0.2) is 29.1 Å². The molecule has 2 aromatic rings. The van der Waals surface area contributed by atoms with Gasteiger partial charge in [0, 0.05) is 31.1 Å². The highest BCUT2D eigenvalue weighted by atomic mass is 16.4. The van der Waals surface area contributed by atoms with Crippen LogP contribution in [0, 0.1) is 5.92 Å². The van der Waals surface area contributed by atoms with E-state index in [1.165, 1.54) is 17.5 Å². The Morgan fingerprint density at radius 1 is 1.24 bits per heavy atom. The standard InChI is InChI=1S/C21H26N4O4/c1-24-21(29)17-5-3-2-4-16(17)18(23-24)10-19(26)22-14-8-15(9-14)25(12-20(27)28)11-13-6-7-13/h2-5,13-15H,6-12H2,1H3,(H,22,26)(H,27,28). The SMILES string of the molecule is Cn1nc(CC(=O)NC2CC(N(CC(=O)O)CC3CC3)C2)c2ccccc2c1=O. The first-order valence-electron chi connectivity index (χ1n) is 10.1. The maximum atomic E-state index is 12.6. The first-order chi connectivity index (χ1) is 13.9. The number of hydrogen-bond acceptors (Lipinski definition) is 5. The van der Waals surface area contributed by atoms with E-state index in [1.54, 1.807) is 19.2 Å². The minimum atomic E-state index is -0.800. The molecule has 0 atom stereocenters. The molecule has 2 fully saturated rings. The molecular weight excluding hydrogens is 372 g/mol. The van der Waals surface area contributed by atoms with Crippen molar-refractivity contribution in [1.82, 2.24) is 20.0 Å². The van der Waals surface area contributed by atoms with Crippen LogP contribution in [0.3, 0.4) is 0 Å². The van der Waals surface area contributed by atoms with Crippen LogP contribution in [-0.4, -0.2) is 56.8 Å². The van der Waals surface area contributed by atoms with Crippen molar-refractivity contribution in [3.63, 3.8) is 0 Å². The van der Waals surface area contributed by atoms with E-state index in [-0.39, 0.29) is 36.5 Å². The number of amides is 1. The predicted octanol–water partition coefficient (Wildman–Crippen LogP) is 0.920. The molecule has 1 heterocycles. The normalized spacial score (nSPS) is 21.2. The van der Waals surface area contributed by atoms with Crippen molar-refractivity contribution in [3.8, 4) is 0 Å². The fourth-order valence-corrected chi connectivity index (χ4v) is 4.09. The summed E-state index contributed by atoms with van der Waals surface area (Å²) < 4.78 is 1.27. The molecule has 2 saturated carbocycles. The number of nitrogens with one attached hydrogen (secondary N) is 1. The van der Waals surface area contributed by atoms with Gasteiger partial charge >= 0.3 is 5.97 Å². The number of benzene rings is 1. The molecule has 0 saturated heterocycles. The summed E-state index contributed by atoms with van der Waals surface area (Å²) >= 11 is 0. The van der Waals surface area contributed by atoms with Gasteiger partial charge in [0.25, 0.3) is 5.56 Å². The molecule has 2 aliphatic rings. The summed E-state index contributed by atoms with van der Waals surface area (Å²) in [6, 6.07) is 7.46. The lowest BCUT2D eigenvalue weighted by Crippen LogP contribution is -2.55. The number of nitrogens with zero attached hydrogens (tertiary/aromatic N) is 3. The van der Waals surface area contributed by atoms with Crippen molar-refractivity contribution in [2.45, 2.75) is 44.2 Å². The molecule has 2 aliphatic carbocycles. The van der Waals surface area contributed by atoms with E-state index in [2.05, 4.69) is 10.4 Å². The molecule has 8 nitrogen and oxygen atoms in total. The molecule has 0 radical (unpaired) electrons. The second kappa shape index (κ2) is 7.94. The van der Waals surface area contributed by atoms with Gasteiger partial charge in [-0.1, -0.05) is 18.2 Å². The summed E-state index contributed by atoms with van der Waals surface area (Å²) in [5.41, 5.74) is 0.401. The number of aliphatic carboxylic acids is 1. The Balaban J connectivity index is 1.35. The van der Waals surface area contributed by atoms with Crippen molar-refractivity contribution in [2.75, 3.05) is 13.1 Å². The first-order valence-corrected chi connectivity index (χ1v) is 10.1. The lowest BCUT2D eigenvalue weighted by Gasteiger charge is -2.42. The quantitative estimate of drug-likeness (QED) is 0.685. The Labute approximate surface area is 168 Å². The maximum absolute atomic E-state index is 12.6. The van der Waals surface area contributed by atoms with E-state index in [9.17, 15) is 14.4 Å². The fraction of sp³-hybridized carbons (Fsp3) is 0.524. The second-order valence-corrected chi connectivity index (χ2v) is 8.25. The van der Waals surface area contributed by atoms with Crippen LogP contribution in [0.4, 0.5) is 0 Å². The summed E-state index contributed by atoms with van der Waals surface area (Å²) in [6.07, 6.45) is 4.02. The minimum Gasteiger partial charge on any atom is -0.480 e. The molecular formula is C21H26N4O4. The van der Waals surface area contributed by atoms with Gasteiger partial charge in [-0.15, -0.1) is 0 Å². The Morgan fingerprint density at radius 2 is 1.93 bits per heavy atom. The number of rotatable bonds is 8. The van der Waals surface area contributed by atoms with E-state index >= 15 is 0 Å². The summed E-state index contributed by atoms with van der Waals surface area (Å²) in [4.78, 5) is 37.9. The lowest BCUT2D eigenvalue weighted by atomic mass is 9.85. The van der Waals surface area contributed by atoms with E-state index in [0.717, 1.165) is 19.4 Å². The number of carbonyl (C=O) groups excluding carboxylic acids is 1. The van der Waals surface area contributed by atoms with Gasteiger partial charge in [0.05, 0.1) is 24.0 Å². The summed E-state index contributed by atoms with van der Waals surface area (Å²) in [7, 11) is 1.59. The van der Waals surface area contributed by atoms with Gasteiger partial charge < -0.3 is 10.4 Å². The lowest BCUT2D eigenvalue weighted by molar-refractivity contribution is -0.140. The molecule has 0 bridgehead atoms. The highest BCUT2D eigenvalue weighted by molar-refractivity contribution is 5.88. The number of carboxylic acid groups (broad SMARTS) is 1. The van der Waals surface area contributed by atoms with Gasteiger partial charge in [-0.05, 0) is 37.7 Å².